The topological polar surface area (TPSA) is 50.3 Å². The number of hydrogen-bond donors (Lipinski definition) is 1. The summed E-state index contributed by atoms with van der Waals surface area (Å²) in [4.78, 5) is 10.9. The summed E-state index contributed by atoms with van der Waals surface area (Å²) in [6.07, 6.45) is 0. The van der Waals surface area contributed by atoms with E-state index >= 15 is 0 Å². The van der Waals surface area contributed by atoms with Crippen molar-refractivity contribution >= 4 is 17.4 Å². The van der Waals surface area contributed by atoms with Crippen LogP contribution in [0.3, 0.4) is 0 Å². The lowest BCUT2D eigenvalue weighted by Gasteiger charge is -2.26. The van der Waals surface area contributed by atoms with E-state index in [1.165, 1.54) is 0 Å². The highest BCUT2D eigenvalue weighted by Crippen LogP contribution is 2.19. The maximum absolute atomic E-state index is 6.03. The summed E-state index contributed by atoms with van der Waals surface area (Å²) in [6.45, 7) is 9.29. The van der Waals surface area contributed by atoms with E-state index in [-0.39, 0.29) is 0 Å². The largest absolute Gasteiger partial charge is 0.379 e. The predicted molar refractivity (Wildman–Crippen MR) is 72.3 cm³/mol. The van der Waals surface area contributed by atoms with Crippen molar-refractivity contribution in [3.63, 3.8) is 0 Å². The average molecular weight is 271 g/mol. The van der Waals surface area contributed by atoms with Crippen molar-refractivity contribution in [2.45, 2.75) is 13.8 Å². The molecule has 2 heterocycles. The van der Waals surface area contributed by atoms with E-state index < -0.39 is 0 Å². The number of halogens is 1. The Balaban J connectivity index is 1.86. The van der Waals surface area contributed by atoms with Gasteiger partial charge in [-0.05, 0) is 13.8 Å². The second-order valence-electron chi connectivity index (χ2n) is 4.42. The maximum atomic E-state index is 6.03. The number of nitrogens with zero attached hydrogens (tertiary/aromatic N) is 3. The van der Waals surface area contributed by atoms with Crippen LogP contribution in [0.2, 0.25) is 5.15 Å². The fourth-order valence-corrected chi connectivity index (χ4v) is 2.14. The van der Waals surface area contributed by atoms with Crippen molar-refractivity contribution < 1.29 is 4.74 Å². The minimum atomic E-state index is 0.524. The second-order valence-corrected chi connectivity index (χ2v) is 4.77. The third-order valence-corrected chi connectivity index (χ3v) is 3.39. The fraction of sp³-hybridized carbons (Fsp3) is 0.667. The second kappa shape index (κ2) is 6.31. The van der Waals surface area contributed by atoms with Gasteiger partial charge in [0.1, 0.15) is 16.8 Å². The van der Waals surface area contributed by atoms with Gasteiger partial charge in [-0.2, -0.15) is 0 Å². The van der Waals surface area contributed by atoms with E-state index in [1.807, 2.05) is 13.8 Å². The standard InChI is InChI=1S/C12H19ClN4O/c1-9-11(13)15-10(2)16-12(9)14-3-4-17-5-7-18-8-6-17/h3-8H2,1-2H3,(H,14,15,16). The molecule has 0 spiro atoms. The molecule has 0 amide bonds. The SMILES string of the molecule is Cc1nc(Cl)c(C)c(NCCN2CCOCC2)n1. The van der Waals surface area contributed by atoms with E-state index in [9.17, 15) is 0 Å². The molecule has 0 atom stereocenters. The lowest BCUT2D eigenvalue weighted by atomic mass is 10.3. The molecule has 1 aromatic heterocycles. The molecule has 0 saturated carbocycles. The van der Waals surface area contributed by atoms with Crippen LogP contribution in [0.1, 0.15) is 11.4 Å². The Labute approximate surface area is 113 Å². The Hall–Kier alpha value is -0.910. The van der Waals surface area contributed by atoms with Crippen molar-refractivity contribution in [1.82, 2.24) is 14.9 Å². The molecule has 0 aliphatic carbocycles. The van der Waals surface area contributed by atoms with E-state index in [0.717, 1.165) is 50.8 Å². The van der Waals surface area contributed by atoms with Gasteiger partial charge in [-0.3, -0.25) is 4.90 Å². The Morgan fingerprint density at radius 2 is 2.00 bits per heavy atom. The van der Waals surface area contributed by atoms with Crippen molar-refractivity contribution in [1.29, 1.82) is 0 Å². The van der Waals surface area contributed by atoms with E-state index in [0.29, 0.717) is 11.0 Å². The molecule has 0 aromatic carbocycles. The first kappa shape index (κ1) is 13.5. The third-order valence-electron chi connectivity index (χ3n) is 3.02. The van der Waals surface area contributed by atoms with Gasteiger partial charge in [0.25, 0.3) is 0 Å². The monoisotopic (exact) mass is 270 g/mol. The van der Waals surface area contributed by atoms with Gasteiger partial charge in [-0.15, -0.1) is 0 Å². The summed E-state index contributed by atoms with van der Waals surface area (Å²) in [7, 11) is 0. The van der Waals surface area contributed by atoms with Crippen molar-refractivity contribution in [2.24, 2.45) is 0 Å². The highest BCUT2D eigenvalue weighted by molar-refractivity contribution is 6.30. The highest BCUT2D eigenvalue weighted by Gasteiger charge is 2.11. The van der Waals surface area contributed by atoms with Crippen molar-refractivity contribution in [2.75, 3.05) is 44.7 Å². The van der Waals surface area contributed by atoms with Crippen LogP contribution in [0.5, 0.6) is 0 Å². The predicted octanol–water partition coefficient (Wildman–Crippen LogP) is 1.49. The van der Waals surface area contributed by atoms with Crippen LogP contribution < -0.4 is 5.32 Å². The normalized spacial score (nSPS) is 16.8. The number of anilines is 1. The molecule has 0 unspecified atom stereocenters. The summed E-state index contributed by atoms with van der Waals surface area (Å²) in [5.41, 5.74) is 0.907. The first-order valence-corrected chi connectivity index (χ1v) is 6.59. The number of rotatable bonds is 4. The smallest absolute Gasteiger partial charge is 0.137 e. The van der Waals surface area contributed by atoms with Crippen LogP contribution >= 0.6 is 11.6 Å². The molecule has 2 rings (SSSR count). The summed E-state index contributed by atoms with van der Waals surface area (Å²) < 4.78 is 5.31. The molecule has 0 radical (unpaired) electrons. The van der Waals surface area contributed by atoms with Crippen molar-refractivity contribution in [3.8, 4) is 0 Å². The minimum Gasteiger partial charge on any atom is -0.379 e. The molecule has 18 heavy (non-hydrogen) atoms. The summed E-state index contributed by atoms with van der Waals surface area (Å²) in [5, 5.41) is 3.85. The zero-order valence-electron chi connectivity index (χ0n) is 10.9. The molecule has 1 aliphatic heterocycles. The molecule has 1 saturated heterocycles. The van der Waals surface area contributed by atoms with Crippen LogP contribution in [0.4, 0.5) is 5.82 Å². The van der Waals surface area contributed by atoms with Gasteiger partial charge in [0.15, 0.2) is 0 Å². The summed E-state index contributed by atoms with van der Waals surface area (Å²) in [5.74, 6) is 1.53. The Morgan fingerprint density at radius 3 is 2.72 bits per heavy atom. The molecule has 0 bridgehead atoms. The first-order valence-electron chi connectivity index (χ1n) is 6.21. The van der Waals surface area contributed by atoms with Gasteiger partial charge in [-0.1, -0.05) is 11.6 Å². The zero-order chi connectivity index (χ0) is 13.0. The lowest BCUT2D eigenvalue weighted by Crippen LogP contribution is -2.39. The third kappa shape index (κ3) is 3.54. The van der Waals surface area contributed by atoms with E-state index in [4.69, 9.17) is 16.3 Å². The fourth-order valence-electron chi connectivity index (χ4n) is 1.92. The number of aryl methyl sites for hydroxylation is 1. The number of nitrogens with one attached hydrogen (secondary N) is 1. The summed E-state index contributed by atoms with van der Waals surface area (Å²) in [6, 6.07) is 0. The maximum Gasteiger partial charge on any atom is 0.137 e. The van der Waals surface area contributed by atoms with Gasteiger partial charge in [0.2, 0.25) is 0 Å². The molecule has 1 fully saturated rings. The molecule has 1 aliphatic rings. The van der Waals surface area contributed by atoms with Gasteiger partial charge in [-0.25, -0.2) is 9.97 Å². The Morgan fingerprint density at radius 1 is 1.28 bits per heavy atom. The van der Waals surface area contributed by atoms with E-state index in [1.54, 1.807) is 0 Å². The average Bonchev–Trinajstić information content (AvgIpc) is 2.36. The minimum absolute atomic E-state index is 0.524. The quantitative estimate of drug-likeness (QED) is 0.840. The van der Waals surface area contributed by atoms with Gasteiger partial charge in [0.05, 0.1) is 13.2 Å². The van der Waals surface area contributed by atoms with Crippen LogP contribution in [-0.4, -0.2) is 54.3 Å². The van der Waals surface area contributed by atoms with E-state index in [2.05, 4.69) is 20.2 Å². The zero-order valence-corrected chi connectivity index (χ0v) is 11.6. The van der Waals surface area contributed by atoms with Gasteiger partial charge < -0.3 is 10.1 Å². The summed E-state index contributed by atoms with van der Waals surface area (Å²) >= 11 is 6.03. The van der Waals surface area contributed by atoms with Crippen LogP contribution in [0.15, 0.2) is 0 Å². The van der Waals surface area contributed by atoms with Crippen LogP contribution in [0, 0.1) is 13.8 Å². The van der Waals surface area contributed by atoms with Crippen LogP contribution in [-0.2, 0) is 4.74 Å². The van der Waals surface area contributed by atoms with Gasteiger partial charge >= 0.3 is 0 Å². The Bertz CT molecular complexity index is 407. The number of ether oxygens (including phenoxy) is 1. The van der Waals surface area contributed by atoms with Crippen molar-refractivity contribution in [3.05, 3.63) is 16.5 Å². The molecule has 6 heteroatoms. The Kier molecular flexibility index (Phi) is 4.74. The lowest BCUT2D eigenvalue weighted by molar-refractivity contribution is 0.0398. The first-order chi connectivity index (χ1) is 8.66. The molecule has 100 valence electrons. The highest BCUT2D eigenvalue weighted by atomic mass is 35.5. The number of aromatic nitrogens is 2. The number of morpholine rings is 1. The number of hydrogen-bond acceptors (Lipinski definition) is 5. The van der Waals surface area contributed by atoms with Crippen LogP contribution in [0.25, 0.3) is 0 Å². The molecule has 1 N–H and O–H groups in total. The molecule has 5 nitrogen and oxygen atoms in total. The molecular weight excluding hydrogens is 252 g/mol. The molecular formula is C12H19ClN4O. The van der Waals surface area contributed by atoms with Gasteiger partial charge in [0, 0.05) is 31.7 Å². The molecule has 1 aromatic rings.